The summed E-state index contributed by atoms with van der Waals surface area (Å²) in [6, 6.07) is 9.42. The second kappa shape index (κ2) is 10.7. The van der Waals surface area contributed by atoms with E-state index < -0.39 is 0 Å². The second-order valence-electron chi connectivity index (χ2n) is 8.64. The first-order valence-electron chi connectivity index (χ1n) is 11.5. The van der Waals surface area contributed by atoms with Gasteiger partial charge in [-0.2, -0.15) is 0 Å². The summed E-state index contributed by atoms with van der Waals surface area (Å²) in [7, 11) is 3.17. The molecule has 1 amide bonds. The number of methoxy groups -OCH3 is 2. The first-order chi connectivity index (χ1) is 17.2. The molecule has 0 radical (unpaired) electrons. The van der Waals surface area contributed by atoms with Crippen LogP contribution in [0.1, 0.15) is 30.5 Å². The largest absolute Gasteiger partial charge is 0.493 e. The number of amides is 1. The molecule has 1 aromatic carbocycles. The number of ether oxygens (including phenoxy) is 2. The van der Waals surface area contributed by atoms with Gasteiger partial charge in [0.2, 0.25) is 0 Å². The van der Waals surface area contributed by atoms with E-state index in [0.29, 0.717) is 50.7 Å². The number of aromatic nitrogens is 2. The van der Waals surface area contributed by atoms with Crippen LogP contribution in [-0.4, -0.2) is 51.3 Å². The Morgan fingerprint density at radius 1 is 1.17 bits per heavy atom. The summed E-state index contributed by atoms with van der Waals surface area (Å²) in [6.07, 6.45) is 3.87. The first-order valence-corrected chi connectivity index (χ1v) is 12.7. The van der Waals surface area contributed by atoms with Crippen LogP contribution >= 0.6 is 24.0 Å². The van der Waals surface area contributed by atoms with Crippen molar-refractivity contribution in [3.05, 3.63) is 68.5 Å². The van der Waals surface area contributed by atoms with Gasteiger partial charge in [0, 0.05) is 18.8 Å². The third-order valence-corrected chi connectivity index (χ3v) is 7.11. The van der Waals surface area contributed by atoms with Gasteiger partial charge in [0.15, 0.2) is 11.5 Å². The van der Waals surface area contributed by atoms with Crippen molar-refractivity contribution in [2.24, 2.45) is 0 Å². The molecule has 0 saturated carbocycles. The number of hydrogen-bond donors (Lipinski definition) is 1. The second-order valence-corrected chi connectivity index (χ2v) is 10.3. The van der Waals surface area contributed by atoms with Crippen molar-refractivity contribution in [2.45, 2.75) is 33.2 Å². The highest BCUT2D eigenvalue weighted by molar-refractivity contribution is 8.26. The van der Waals surface area contributed by atoms with Gasteiger partial charge in [-0.25, -0.2) is 4.98 Å². The van der Waals surface area contributed by atoms with E-state index in [-0.39, 0.29) is 17.5 Å². The van der Waals surface area contributed by atoms with Crippen molar-refractivity contribution >= 4 is 51.7 Å². The highest BCUT2D eigenvalue weighted by atomic mass is 32.2. The monoisotopic (exact) mass is 524 g/mol. The van der Waals surface area contributed by atoms with Gasteiger partial charge in [-0.1, -0.05) is 36.1 Å². The molecule has 1 N–H and O–H groups in total. The molecule has 2 aromatic heterocycles. The summed E-state index contributed by atoms with van der Waals surface area (Å²) in [4.78, 5) is 33.4. The minimum absolute atomic E-state index is 0.0477. The Balaban J connectivity index is 1.64. The smallest absolute Gasteiger partial charge is 0.267 e. The number of benzene rings is 1. The number of hydrogen-bond acceptors (Lipinski definition) is 8. The third kappa shape index (κ3) is 5.10. The molecule has 1 aliphatic heterocycles. The van der Waals surface area contributed by atoms with Crippen LogP contribution in [0.5, 0.6) is 11.5 Å². The molecule has 4 rings (SSSR count). The fraction of sp³-hybridized carbons (Fsp3) is 0.308. The number of thiocarbonyl (C=S) groups is 1. The lowest BCUT2D eigenvalue weighted by molar-refractivity contribution is -0.122. The molecule has 188 valence electrons. The number of nitrogens with one attached hydrogen (secondary N) is 1. The molecule has 0 spiro atoms. The molecule has 10 heteroatoms. The van der Waals surface area contributed by atoms with Crippen LogP contribution in [0.2, 0.25) is 0 Å². The molecule has 0 atom stereocenters. The van der Waals surface area contributed by atoms with Crippen molar-refractivity contribution in [3.63, 3.8) is 0 Å². The van der Waals surface area contributed by atoms with Gasteiger partial charge in [-0.3, -0.25) is 18.9 Å². The average molecular weight is 525 g/mol. The predicted molar refractivity (Wildman–Crippen MR) is 148 cm³/mol. The quantitative estimate of drug-likeness (QED) is 0.345. The maximum atomic E-state index is 13.4. The molecule has 1 saturated heterocycles. The number of carbonyl (C=O) groups is 1. The van der Waals surface area contributed by atoms with Gasteiger partial charge >= 0.3 is 0 Å². The average Bonchev–Trinajstić information content (AvgIpc) is 3.12. The third-order valence-electron chi connectivity index (χ3n) is 5.73. The SMILES string of the molecule is COc1ccc(CCN2C(=O)C(=Cc3c(NC(C)C)nc4c(C)cccn4c3=O)SC2=S)cc1OC. The summed E-state index contributed by atoms with van der Waals surface area (Å²) in [5.41, 5.74) is 2.52. The fourth-order valence-corrected chi connectivity index (χ4v) is 5.22. The van der Waals surface area contributed by atoms with Gasteiger partial charge in [-0.15, -0.1) is 0 Å². The van der Waals surface area contributed by atoms with Crippen LogP contribution < -0.4 is 20.3 Å². The maximum absolute atomic E-state index is 13.4. The molecule has 3 heterocycles. The summed E-state index contributed by atoms with van der Waals surface area (Å²) in [5, 5.41) is 3.25. The van der Waals surface area contributed by atoms with Crippen LogP contribution in [-0.2, 0) is 11.2 Å². The van der Waals surface area contributed by atoms with Gasteiger partial charge < -0.3 is 14.8 Å². The van der Waals surface area contributed by atoms with E-state index in [1.165, 1.54) is 16.2 Å². The van der Waals surface area contributed by atoms with Crippen LogP contribution in [0.4, 0.5) is 5.82 Å². The minimum atomic E-state index is -0.248. The molecule has 3 aromatic rings. The van der Waals surface area contributed by atoms with Crippen LogP contribution in [0.15, 0.2) is 46.2 Å². The van der Waals surface area contributed by atoms with E-state index in [0.717, 1.165) is 11.1 Å². The molecule has 36 heavy (non-hydrogen) atoms. The number of rotatable bonds is 8. The number of nitrogens with zero attached hydrogens (tertiary/aromatic N) is 3. The standard InChI is InChI=1S/C26H28N4O4S2/c1-15(2)27-22-18(24(31)29-11-6-7-16(3)23(29)28-22)14-21-25(32)30(26(35)36-21)12-10-17-8-9-19(33-4)20(13-17)34-5/h6-9,11,13-15,27H,10,12H2,1-5H3. The molecular weight excluding hydrogens is 496 g/mol. The number of fused-ring (bicyclic) bond motifs is 1. The van der Waals surface area contributed by atoms with Gasteiger partial charge in [-0.05, 0) is 62.6 Å². The lowest BCUT2D eigenvalue weighted by Crippen LogP contribution is -2.30. The van der Waals surface area contributed by atoms with Crippen LogP contribution in [0.25, 0.3) is 11.7 Å². The number of anilines is 1. The van der Waals surface area contributed by atoms with E-state index >= 15 is 0 Å². The zero-order chi connectivity index (χ0) is 26.0. The summed E-state index contributed by atoms with van der Waals surface area (Å²) in [6.45, 7) is 6.25. The van der Waals surface area contributed by atoms with Crippen molar-refractivity contribution in [1.29, 1.82) is 0 Å². The fourth-order valence-electron chi connectivity index (χ4n) is 3.93. The van der Waals surface area contributed by atoms with Crippen molar-refractivity contribution in [1.82, 2.24) is 14.3 Å². The highest BCUT2D eigenvalue weighted by Gasteiger charge is 2.32. The molecule has 0 aliphatic carbocycles. The van der Waals surface area contributed by atoms with E-state index in [1.54, 1.807) is 37.5 Å². The van der Waals surface area contributed by atoms with E-state index in [9.17, 15) is 9.59 Å². The molecule has 8 nitrogen and oxygen atoms in total. The summed E-state index contributed by atoms with van der Waals surface area (Å²) in [5.74, 6) is 1.49. The Kier molecular flexibility index (Phi) is 7.65. The zero-order valence-corrected chi connectivity index (χ0v) is 22.5. The predicted octanol–water partition coefficient (Wildman–Crippen LogP) is 4.28. The minimum Gasteiger partial charge on any atom is -0.493 e. The first kappa shape index (κ1) is 25.7. The van der Waals surface area contributed by atoms with Crippen molar-refractivity contribution in [3.8, 4) is 11.5 Å². The summed E-state index contributed by atoms with van der Waals surface area (Å²) < 4.78 is 12.6. The van der Waals surface area contributed by atoms with Crippen LogP contribution in [0, 0.1) is 6.92 Å². The van der Waals surface area contributed by atoms with E-state index in [4.69, 9.17) is 26.7 Å². The number of carbonyl (C=O) groups excluding carboxylic acids is 1. The molecular formula is C26H28N4O4S2. The van der Waals surface area contributed by atoms with Gasteiger partial charge in [0.25, 0.3) is 11.5 Å². The molecule has 1 aliphatic rings. The maximum Gasteiger partial charge on any atom is 0.267 e. The Bertz CT molecular complexity index is 1430. The van der Waals surface area contributed by atoms with E-state index in [2.05, 4.69) is 5.32 Å². The Hall–Kier alpha value is -3.37. The van der Waals surface area contributed by atoms with Gasteiger partial charge in [0.05, 0.1) is 24.7 Å². The van der Waals surface area contributed by atoms with Crippen molar-refractivity contribution < 1.29 is 14.3 Å². The Morgan fingerprint density at radius 3 is 2.61 bits per heavy atom. The normalized spacial score (nSPS) is 14.8. The Morgan fingerprint density at radius 2 is 1.92 bits per heavy atom. The van der Waals surface area contributed by atoms with E-state index in [1.807, 2.05) is 45.0 Å². The number of pyridine rings is 1. The number of aryl methyl sites for hydroxylation is 1. The Labute approximate surface area is 219 Å². The molecule has 0 bridgehead atoms. The zero-order valence-electron chi connectivity index (χ0n) is 20.8. The van der Waals surface area contributed by atoms with Crippen molar-refractivity contribution in [2.75, 3.05) is 26.1 Å². The lowest BCUT2D eigenvalue weighted by Gasteiger charge is -2.15. The van der Waals surface area contributed by atoms with Gasteiger partial charge in [0.1, 0.15) is 15.8 Å². The summed E-state index contributed by atoms with van der Waals surface area (Å²) >= 11 is 6.70. The van der Waals surface area contributed by atoms with Crippen LogP contribution in [0.3, 0.4) is 0 Å². The molecule has 1 fully saturated rings. The lowest BCUT2D eigenvalue weighted by atomic mass is 10.1. The topological polar surface area (TPSA) is 85.2 Å². The number of thioether (sulfide) groups is 1. The highest BCUT2D eigenvalue weighted by Crippen LogP contribution is 2.34. The molecule has 0 unspecified atom stereocenters.